The Morgan fingerprint density at radius 3 is 2.67 bits per heavy atom. The smallest absolute Gasteiger partial charge is 0.223 e. The van der Waals surface area contributed by atoms with E-state index in [-0.39, 0.29) is 17.4 Å². The Morgan fingerprint density at radius 1 is 1.21 bits per heavy atom. The van der Waals surface area contributed by atoms with Gasteiger partial charge in [-0.15, -0.1) is 0 Å². The first-order valence-corrected chi connectivity index (χ1v) is 9.21. The Balaban J connectivity index is 1.77. The van der Waals surface area contributed by atoms with Crippen LogP contribution in [0.2, 0.25) is 0 Å². The molecule has 3 atom stereocenters. The molecule has 1 amide bonds. The summed E-state index contributed by atoms with van der Waals surface area (Å²) >= 11 is 0. The summed E-state index contributed by atoms with van der Waals surface area (Å²) in [5, 5.41) is 0. The van der Waals surface area contributed by atoms with Crippen LogP contribution in [-0.2, 0) is 9.53 Å². The first-order chi connectivity index (χ1) is 11.5. The summed E-state index contributed by atoms with van der Waals surface area (Å²) in [6.45, 7) is 10.8. The highest BCUT2D eigenvalue weighted by molar-refractivity contribution is 5.80. The molecule has 1 spiro atoms. The summed E-state index contributed by atoms with van der Waals surface area (Å²) in [6.07, 6.45) is 1.74. The predicted molar refractivity (Wildman–Crippen MR) is 95.8 cm³/mol. The molecule has 0 aliphatic carbocycles. The van der Waals surface area contributed by atoms with E-state index in [0.29, 0.717) is 19.1 Å². The first kappa shape index (κ1) is 17.4. The van der Waals surface area contributed by atoms with Gasteiger partial charge in [-0.3, -0.25) is 9.69 Å². The topological polar surface area (TPSA) is 32.8 Å². The van der Waals surface area contributed by atoms with Gasteiger partial charge in [0.2, 0.25) is 5.91 Å². The fourth-order valence-corrected chi connectivity index (χ4v) is 4.06. The fourth-order valence-electron chi connectivity index (χ4n) is 4.06. The zero-order chi connectivity index (χ0) is 17.2. The lowest BCUT2D eigenvalue weighted by Gasteiger charge is -2.35. The lowest BCUT2D eigenvalue weighted by molar-refractivity contribution is -0.129. The molecular formula is C20H30N2O2. The third-order valence-electron chi connectivity index (χ3n) is 5.79. The highest BCUT2D eigenvalue weighted by atomic mass is 16.5. The van der Waals surface area contributed by atoms with Gasteiger partial charge in [0.15, 0.2) is 0 Å². The van der Waals surface area contributed by atoms with Crippen LogP contribution in [0.25, 0.3) is 0 Å². The highest BCUT2D eigenvalue weighted by Gasteiger charge is 2.47. The molecule has 0 bridgehead atoms. The molecule has 1 aromatic carbocycles. The van der Waals surface area contributed by atoms with E-state index in [2.05, 4.69) is 42.7 Å². The minimum atomic E-state index is -0.0555. The van der Waals surface area contributed by atoms with Gasteiger partial charge in [-0.05, 0) is 25.8 Å². The lowest BCUT2D eigenvalue weighted by Crippen LogP contribution is -2.44. The Hall–Kier alpha value is -1.39. The normalized spacial score (nSPS) is 28.1. The molecule has 2 aliphatic rings. The van der Waals surface area contributed by atoms with Crippen LogP contribution >= 0.6 is 0 Å². The molecule has 1 aromatic rings. The van der Waals surface area contributed by atoms with E-state index >= 15 is 0 Å². The zero-order valence-corrected chi connectivity index (χ0v) is 15.2. The highest BCUT2D eigenvalue weighted by Crippen LogP contribution is 2.38. The average molecular weight is 330 g/mol. The van der Waals surface area contributed by atoms with Crippen LogP contribution in [-0.4, -0.2) is 54.6 Å². The van der Waals surface area contributed by atoms with E-state index in [1.807, 2.05) is 18.2 Å². The minimum absolute atomic E-state index is 0.0555. The standard InChI is InChI=1S/C20H30N2O2/c1-4-16(2)21-10-11-24-15-20(13-21)12-19(23)22(14-20)17(3)18-8-6-5-7-9-18/h5-9,16-17H,4,10-15H2,1-3H3/t16-,17+,20-/m0/s1. The molecule has 4 heteroatoms. The molecule has 0 N–H and O–H groups in total. The maximum atomic E-state index is 12.8. The zero-order valence-electron chi connectivity index (χ0n) is 15.2. The number of nitrogens with zero attached hydrogens (tertiary/aromatic N) is 2. The average Bonchev–Trinajstić information content (AvgIpc) is 2.79. The maximum Gasteiger partial charge on any atom is 0.223 e. The summed E-state index contributed by atoms with van der Waals surface area (Å²) in [5.74, 6) is 0.265. The van der Waals surface area contributed by atoms with Gasteiger partial charge in [-0.2, -0.15) is 0 Å². The number of amides is 1. The molecular weight excluding hydrogens is 300 g/mol. The van der Waals surface area contributed by atoms with Crippen LogP contribution in [0, 0.1) is 5.41 Å². The summed E-state index contributed by atoms with van der Waals surface area (Å²) < 4.78 is 5.92. The van der Waals surface area contributed by atoms with Gasteiger partial charge in [0, 0.05) is 37.5 Å². The molecule has 0 radical (unpaired) electrons. The molecule has 3 rings (SSSR count). The number of hydrogen-bond acceptors (Lipinski definition) is 3. The van der Waals surface area contributed by atoms with Crippen molar-refractivity contribution in [1.82, 2.24) is 9.80 Å². The van der Waals surface area contributed by atoms with Crippen molar-refractivity contribution < 1.29 is 9.53 Å². The number of hydrogen-bond donors (Lipinski definition) is 0. The van der Waals surface area contributed by atoms with Crippen molar-refractivity contribution in [2.45, 2.75) is 45.7 Å². The molecule has 2 saturated heterocycles. The minimum Gasteiger partial charge on any atom is -0.379 e. The number of rotatable bonds is 4. The van der Waals surface area contributed by atoms with Gasteiger partial charge in [-0.25, -0.2) is 0 Å². The number of benzene rings is 1. The summed E-state index contributed by atoms with van der Waals surface area (Å²) in [5.41, 5.74) is 1.15. The van der Waals surface area contributed by atoms with Gasteiger partial charge < -0.3 is 9.64 Å². The molecule has 4 nitrogen and oxygen atoms in total. The molecule has 0 aromatic heterocycles. The Bertz CT molecular complexity index is 562. The SMILES string of the molecule is CC[C@H](C)N1CCOC[C@@]2(CC(=O)N([C@H](C)c3ccccc3)C2)C1. The second-order valence-corrected chi connectivity index (χ2v) is 7.57. The van der Waals surface area contributed by atoms with Crippen molar-refractivity contribution in [3.8, 4) is 0 Å². The first-order valence-electron chi connectivity index (χ1n) is 9.21. The third-order valence-corrected chi connectivity index (χ3v) is 5.79. The number of carbonyl (C=O) groups is 1. The Kier molecular flexibility index (Phi) is 5.26. The van der Waals surface area contributed by atoms with E-state index in [0.717, 1.165) is 32.7 Å². The lowest BCUT2D eigenvalue weighted by atomic mass is 9.87. The molecule has 2 fully saturated rings. The maximum absolute atomic E-state index is 12.8. The van der Waals surface area contributed by atoms with Crippen LogP contribution < -0.4 is 0 Å². The van der Waals surface area contributed by atoms with E-state index < -0.39 is 0 Å². The monoisotopic (exact) mass is 330 g/mol. The molecule has 24 heavy (non-hydrogen) atoms. The quantitative estimate of drug-likeness (QED) is 0.850. The number of carbonyl (C=O) groups excluding carboxylic acids is 1. The largest absolute Gasteiger partial charge is 0.379 e. The number of ether oxygens (including phenoxy) is 1. The second kappa shape index (κ2) is 7.24. The fraction of sp³-hybridized carbons (Fsp3) is 0.650. The molecule has 0 unspecified atom stereocenters. The molecule has 132 valence electrons. The summed E-state index contributed by atoms with van der Waals surface area (Å²) in [7, 11) is 0. The van der Waals surface area contributed by atoms with Crippen molar-refractivity contribution in [1.29, 1.82) is 0 Å². The predicted octanol–water partition coefficient (Wildman–Crippen LogP) is 3.10. The van der Waals surface area contributed by atoms with Gasteiger partial charge in [0.25, 0.3) is 0 Å². The molecule has 2 heterocycles. The summed E-state index contributed by atoms with van der Waals surface area (Å²) in [6, 6.07) is 11.0. The number of likely N-dealkylation sites (tertiary alicyclic amines) is 1. The van der Waals surface area contributed by atoms with Crippen LogP contribution in [0.4, 0.5) is 0 Å². The Labute approximate surface area is 145 Å². The van der Waals surface area contributed by atoms with Crippen molar-refractivity contribution in [3.05, 3.63) is 35.9 Å². The van der Waals surface area contributed by atoms with Crippen molar-refractivity contribution >= 4 is 5.91 Å². The third kappa shape index (κ3) is 3.50. The van der Waals surface area contributed by atoms with Crippen molar-refractivity contribution in [2.24, 2.45) is 5.41 Å². The second-order valence-electron chi connectivity index (χ2n) is 7.57. The Morgan fingerprint density at radius 2 is 1.96 bits per heavy atom. The van der Waals surface area contributed by atoms with Crippen LogP contribution in [0.3, 0.4) is 0 Å². The van der Waals surface area contributed by atoms with Gasteiger partial charge in [0.1, 0.15) is 0 Å². The van der Waals surface area contributed by atoms with Gasteiger partial charge in [-0.1, -0.05) is 37.3 Å². The van der Waals surface area contributed by atoms with Gasteiger partial charge >= 0.3 is 0 Å². The van der Waals surface area contributed by atoms with Gasteiger partial charge in [0.05, 0.1) is 19.3 Å². The summed E-state index contributed by atoms with van der Waals surface area (Å²) in [4.78, 5) is 17.3. The van der Waals surface area contributed by atoms with E-state index in [9.17, 15) is 4.79 Å². The molecule has 0 saturated carbocycles. The van der Waals surface area contributed by atoms with Crippen molar-refractivity contribution in [3.63, 3.8) is 0 Å². The van der Waals surface area contributed by atoms with E-state index in [1.165, 1.54) is 5.56 Å². The van der Waals surface area contributed by atoms with E-state index in [1.54, 1.807) is 0 Å². The van der Waals surface area contributed by atoms with Crippen LogP contribution in [0.1, 0.15) is 45.2 Å². The van der Waals surface area contributed by atoms with E-state index in [4.69, 9.17) is 4.74 Å². The van der Waals surface area contributed by atoms with Crippen LogP contribution in [0.15, 0.2) is 30.3 Å². The van der Waals surface area contributed by atoms with Crippen LogP contribution in [0.5, 0.6) is 0 Å². The molecule has 2 aliphatic heterocycles. The van der Waals surface area contributed by atoms with Crippen molar-refractivity contribution in [2.75, 3.05) is 32.8 Å².